The molecule has 3 heterocycles. The molecule has 5 rings (SSSR count). The molecule has 8 nitrogen and oxygen atoms in total. The van der Waals surface area contributed by atoms with E-state index in [9.17, 15) is 10.1 Å². The van der Waals surface area contributed by atoms with Crippen LogP contribution in [0.3, 0.4) is 0 Å². The van der Waals surface area contributed by atoms with Crippen LogP contribution in [0.1, 0.15) is 5.56 Å². The van der Waals surface area contributed by atoms with Gasteiger partial charge in [0.1, 0.15) is 12.8 Å². The lowest BCUT2D eigenvalue weighted by atomic mass is 10.0. The van der Waals surface area contributed by atoms with Gasteiger partial charge in [0.25, 0.3) is 0 Å². The fourth-order valence-electron chi connectivity index (χ4n) is 4.10. The summed E-state index contributed by atoms with van der Waals surface area (Å²) in [4.78, 5) is 16.7. The summed E-state index contributed by atoms with van der Waals surface area (Å²) in [6, 6.07) is 17.6. The van der Waals surface area contributed by atoms with E-state index in [-0.39, 0.29) is 5.82 Å². The lowest BCUT2D eigenvalue weighted by Gasteiger charge is -2.24. The van der Waals surface area contributed by atoms with Crippen molar-refractivity contribution in [3.8, 4) is 17.1 Å². The van der Waals surface area contributed by atoms with Gasteiger partial charge in [0, 0.05) is 55.3 Å². The molecule has 8 heteroatoms. The Hall–Kier alpha value is -3.65. The molecule has 31 heavy (non-hydrogen) atoms. The van der Waals surface area contributed by atoms with E-state index in [2.05, 4.69) is 76.2 Å². The van der Waals surface area contributed by atoms with E-state index in [0.29, 0.717) is 19.2 Å². The number of aromatic nitrogens is 3. The second-order valence-corrected chi connectivity index (χ2v) is 7.86. The van der Waals surface area contributed by atoms with E-state index in [0.717, 1.165) is 19.6 Å². The summed E-state index contributed by atoms with van der Waals surface area (Å²) >= 11 is 0. The molecule has 0 spiro atoms. The number of benzene rings is 2. The SMILES string of the molecule is Cn1ccc2cc(-c3cccc(CN4CCOc5nc([N+](=O)[O-])cn5CC4)c3)ccc21. The number of ether oxygens (including phenoxy) is 1. The Bertz CT molecular complexity index is 1260. The van der Waals surface area contributed by atoms with Crippen LogP contribution in [-0.2, 0) is 20.1 Å². The Morgan fingerprint density at radius 1 is 1.10 bits per heavy atom. The molecule has 1 aliphatic heterocycles. The first-order valence-corrected chi connectivity index (χ1v) is 10.3. The van der Waals surface area contributed by atoms with Crippen LogP contribution in [-0.4, -0.2) is 43.6 Å². The number of imidazole rings is 1. The maximum Gasteiger partial charge on any atom is 0.414 e. The number of hydrogen-bond acceptors (Lipinski definition) is 5. The number of rotatable bonds is 4. The predicted molar refractivity (Wildman–Crippen MR) is 118 cm³/mol. The Labute approximate surface area is 179 Å². The van der Waals surface area contributed by atoms with Gasteiger partial charge < -0.3 is 19.4 Å². The van der Waals surface area contributed by atoms with Crippen LogP contribution in [0.5, 0.6) is 6.01 Å². The fourth-order valence-corrected chi connectivity index (χ4v) is 4.10. The minimum atomic E-state index is -0.489. The molecule has 0 atom stereocenters. The van der Waals surface area contributed by atoms with Crippen molar-refractivity contribution in [3.63, 3.8) is 0 Å². The average Bonchev–Trinajstić information content (AvgIpc) is 3.33. The molecule has 1 aliphatic rings. The first-order valence-electron chi connectivity index (χ1n) is 10.3. The van der Waals surface area contributed by atoms with E-state index < -0.39 is 4.92 Å². The third-order valence-electron chi connectivity index (χ3n) is 5.76. The van der Waals surface area contributed by atoms with Gasteiger partial charge in [-0.15, -0.1) is 0 Å². The highest BCUT2D eigenvalue weighted by Gasteiger charge is 2.22. The van der Waals surface area contributed by atoms with E-state index in [1.807, 2.05) is 0 Å². The lowest BCUT2D eigenvalue weighted by molar-refractivity contribution is -0.389. The van der Waals surface area contributed by atoms with E-state index in [1.54, 1.807) is 4.57 Å². The zero-order valence-electron chi connectivity index (χ0n) is 17.3. The Balaban J connectivity index is 1.32. The van der Waals surface area contributed by atoms with Gasteiger partial charge in [-0.05, 0) is 45.9 Å². The number of aryl methyl sites for hydroxylation is 1. The highest BCUT2D eigenvalue weighted by Crippen LogP contribution is 2.26. The molecule has 2 aromatic heterocycles. The van der Waals surface area contributed by atoms with E-state index >= 15 is 0 Å². The standard InChI is InChI=1S/C23H23N5O3/c1-25-8-7-20-14-19(5-6-21(20)25)18-4-2-3-17(13-18)15-26-9-10-27-16-22(28(29)30)24-23(27)31-12-11-26/h2-8,13-14,16H,9-12,15H2,1H3. The van der Waals surface area contributed by atoms with Crippen molar-refractivity contribution in [2.24, 2.45) is 7.05 Å². The van der Waals surface area contributed by atoms with E-state index in [1.165, 1.54) is 33.8 Å². The summed E-state index contributed by atoms with van der Waals surface area (Å²) < 4.78 is 9.51. The normalized spacial score (nSPS) is 14.6. The zero-order chi connectivity index (χ0) is 21.4. The van der Waals surface area contributed by atoms with Crippen LogP contribution in [0.25, 0.3) is 22.0 Å². The molecular formula is C23H23N5O3. The zero-order valence-corrected chi connectivity index (χ0v) is 17.3. The van der Waals surface area contributed by atoms with Gasteiger partial charge in [-0.2, -0.15) is 0 Å². The molecule has 0 saturated heterocycles. The molecule has 0 fully saturated rings. The average molecular weight is 417 g/mol. The molecule has 0 unspecified atom stereocenters. The summed E-state index contributed by atoms with van der Waals surface area (Å²) in [6.07, 6.45) is 3.52. The first kappa shape index (κ1) is 19.3. The van der Waals surface area contributed by atoms with Crippen LogP contribution in [0.4, 0.5) is 5.82 Å². The molecule has 0 bridgehead atoms. The largest absolute Gasteiger partial charge is 0.444 e. The summed E-state index contributed by atoms with van der Waals surface area (Å²) in [6.45, 7) is 3.33. The topological polar surface area (TPSA) is 78.4 Å². The summed E-state index contributed by atoms with van der Waals surface area (Å²) in [5, 5.41) is 12.2. The van der Waals surface area contributed by atoms with Crippen molar-refractivity contribution >= 4 is 16.7 Å². The number of nitrogens with zero attached hydrogens (tertiary/aromatic N) is 5. The fraction of sp³-hybridized carbons (Fsp3) is 0.261. The van der Waals surface area contributed by atoms with Gasteiger partial charge in [-0.25, -0.2) is 0 Å². The molecule has 4 aromatic rings. The predicted octanol–water partition coefficient (Wildman–Crippen LogP) is 3.84. The van der Waals surface area contributed by atoms with Crippen molar-refractivity contribution < 1.29 is 9.66 Å². The Morgan fingerprint density at radius 2 is 1.97 bits per heavy atom. The minimum Gasteiger partial charge on any atom is -0.444 e. The highest BCUT2D eigenvalue weighted by atomic mass is 16.6. The molecule has 0 amide bonds. The molecule has 0 aliphatic carbocycles. The van der Waals surface area contributed by atoms with Crippen molar-refractivity contribution in [1.82, 2.24) is 19.0 Å². The third-order valence-corrected chi connectivity index (χ3v) is 5.76. The van der Waals surface area contributed by atoms with Crippen molar-refractivity contribution in [2.45, 2.75) is 13.1 Å². The second kappa shape index (κ2) is 7.88. The van der Waals surface area contributed by atoms with Gasteiger partial charge in [-0.1, -0.05) is 24.3 Å². The quantitative estimate of drug-likeness (QED) is 0.372. The molecule has 158 valence electrons. The summed E-state index contributed by atoms with van der Waals surface area (Å²) in [5.74, 6) is -0.175. The Kier molecular flexibility index (Phi) is 4.91. The highest BCUT2D eigenvalue weighted by molar-refractivity contribution is 5.85. The van der Waals surface area contributed by atoms with Crippen LogP contribution in [0.2, 0.25) is 0 Å². The number of hydrogen-bond donors (Lipinski definition) is 0. The third kappa shape index (κ3) is 3.89. The monoisotopic (exact) mass is 417 g/mol. The maximum atomic E-state index is 11.0. The van der Waals surface area contributed by atoms with Crippen molar-refractivity contribution in [2.75, 3.05) is 19.7 Å². The lowest BCUT2D eigenvalue weighted by Crippen LogP contribution is -2.33. The van der Waals surface area contributed by atoms with Gasteiger partial charge >= 0.3 is 11.8 Å². The van der Waals surface area contributed by atoms with Crippen LogP contribution in [0.15, 0.2) is 60.9 Å². The Morgan fingerprint density at radius 3 is 2.84 bits per heavy atom. The molecule has 0 N–H and O–H groups in total. The second-order valence-electron chi connectivity index (χ2n) is 7.86. The van der Waals surface area contributed by atoms with E-state index in [4.69, 9.17) is 4.74 Å². The van der Waals surface area contributed by atoms with Crippen molar-refractivity contribution in [1.29, 1.82) is 0 Å². The molecular weight excluding hydrogens is 394 g/mol. The van der Waals surface area contributed by atoms with Crippen molar-refractivity contribution in [3.05, 3.63) is 76.6 Å². The molecule has 2 aromatic carbocycles. The maximum absolute atomic E-state index is 11.0. The number of nitro groups is 1. The van der Waals surface area contributed by atoms with Gasteiger partial charge in [0.2, 0.25) is 0 Å². The number of fused-ring (bicyclic) bond motifs is 2. The smallest absolute Gasteiger partial charge is 0.414 e. The first-order chi connectivity index (χ1) is 15.1. The van der Waals surface area contributed by atoms with Crippen LogP contribution < -0.4 is 4.74 Å². The van der Waals surface area contributed by atoms with Crippen LogP contribution in [0, 0.1) is 10.1 Å². The summed E-state index contributed by atoms with van der Waals surface area (Å²) in [5.41, 5.74) is 4.84. The summed E-state index contributed by atoms with van der Waals surface area (Å²) in [7, 11) is 2.06. The van der Waals surface area contributed by atoms with Gasteiger partial charge in [0.15, 0.2) is 0 Å². The minimum absolute atomic E-state index is 0.175. The molecule has 0 saturated carbocycles. The van der Waals surface area contributed by atoms with Crippen LogP contribution >= 0.6 is 0 Å². The van der Waals surface area contributed by atoms with Gasteiger partial charge in [0.05, 0.1) is 0 Å². The molecule has 0 radical (unpaired) electrons. The van der Waals surface area contributed by atoms with Gasteiger partial charge in [-0.3, -0.25) is 9.47 Å².